The van der Waals surface area contributed by atoms with Crippen LogP contribution in [0.4, 0.5) is 0 Å². The molecule has 2 heterocycles. The van der Waals surface area contributed by atoms with Gasteiger partial charge in [0.15, 0.2) is 5.76 Å². The second kappa shape index (κ2) is 7.75. The Hall–Kier alpha value is -2.59. The summed E-state index contributed by atoms with van der Waals surface area (Å²) in [6.45, 7) is 2.81. The number of amides is 1. The summed E-state index contributed by atoms with van der Waals surface area (Å²) in [7, 11) is 0. The second-order valence-corrected chi connectivity index (χ2v) is 6.91. The molecule has 4 rings (SSSR count). The highest BCUT2D eigenvalue weighted by Crippen LogP contribution is 2.23. The van der Waals surface area contributed by atoms with E-state index in [9.17, 15) is 4.79 Å². The maximum atomic E-state index is 12.8. The first-order chi connectivity index (χ1) is 12.8. The fraction of sp³-hybridized carbons (Fsp3) is 0.318. The molecule has 0 saturated carbocycles. The van der Waals surface area contributed by atoms with E-state index in [-0.39, 0.29) is 5.91 Å². The summed E-state index contributed by atoms with van der Waals surface area (Å²) in [5, 5.41) is 0.968. The first kappa shape index (κ1) is 16.9. The summed E-state index contributed by atoms with van der Waals surface area (Å²) in [4.78, 5) is 14.7. The van der Waals surface area contributed by atoms with Crippen LogP contribution in [0, 0.1) is 5.92 Å². The Bertz CT molecular complexity index is 838. The molecule has 0 aliphatic carbocycles. The van der Waals surface area contributed by atoms with Gasteiger partial charge >= 0.3 is 0 Å². The molecule has 3 aromatic rings. The first-order valence-electron chi connectivity index (χ1n) is 9.19. The monoisotopic (exact) mass is 349 g/mol. The fourth-order valence-electron chi connectivity index (χ4n) is 3.55. The summed E-state index contributed by atoms with van der Waals surface area (Å²) in [6, 6.07) is 19.7. The molecule has 1 atom stereocenters. The lowest BCUT2D eigenvalue weighted by Crippen LogP contribution is -2.41. The van der Waals surface area contributed by atoms with Crippen LogP contribution in [0.2, 0.25) is 0 Å². The number of fused-ring (bicyclic) bond motifs is 1. The van der Waals surface area contributed by atoms with Crippen molar-refractivity contribution >= 4 is 16.9 Å². The molecule has 2 aromatic carbocycles. The van der Waals surface area contributed by atoms with Gasteiger partial charge in [-0.3, -0.25) is 4.79 Å². The van der Waals surface area contributed by atoms with Crippen molar-refractivity contribution in [2.45, 2.75) is 19.4 Å². The second-order valence-electron chi connectivity index (χ2n) is 6.91. The van der Waals surface area contributed by atoms with E-state index in [4.69, 9.17) is 9.15 Å². The van der Waals surface area contributed by atoms with E-state index in [0.717, 1.165) is 36.9 Å². The average molecular weight is 349 g/mol. The van der Waals surface area contributed by atoms with Crippen molar-refractivity contribution < 1.29 is 13.9 Å². The van der Waals surface area contributed by atoms with Crippen molar-refractivity contribution in [3.63, 3.8) is 0 Å². The van der Waals surface area contributed by atoms with Crippen molar-refractivity contribution in [3.8, 4) is 0 Å². The van der Waals surface area contributed by atoms with Gasteiger partial charge in [-0.05, 0) is 36.5 Å². The zero-order valence-corrected chi connectivity index (χ0v) is 14.8. The Morgan fingerprint density at radius 3 is 2.77 bits per heavy atom. The summed E-state index contributed by atoms with van der Waals surface area (Å²) in [6.07, 6.45) is 2.10. The number of likely N-dealkylation sites (tertiary alicyclic amines) is 1. The van der Waals surface area contributed by atoms with Crippen molar-refractivity contribution in [2.24, 2.45) is 5.92 Å². The standard InChI is InChI=1S/C22H23NO3/c24-22(21-13-19-10-4-5-11-20(19)26-21)23-12-6-9-18(14-23)16-25-15-17-7-2-1-3-8-17/h1-5,7-8,10-11,13,18H,6,9,12,14-16H2. The van der Waals surface area contributed by atoms with Gasteiger partial charge in [0.05, 0.1) is 13.2 Å². The largest absolute Gasteiger partial charge is 0.451 e. The summed E-state index contributed by atoms with van der Waals surface area (Å²) in [5.41, 5.74) is 1.94. The van der Waals surface area contributed by atoms with Crippen LogP contribution in [-0.4, -0.2) is 30.5 Å². The van der Waals surface area contributed by atoms with Crippen LogP contribution < -0.4 is 0 Å². The third-order valence-corrected chi connectivity index (χ3v) is 4.91. The average Bonchev–Trinajstić information content (AvgIpc) is 3.13. The highest BCUT2D eigenvalue weighted by molar-refractivity contribution is 5.96. The van der Waals surface area contributed by atoms with E-state index in [0.29, 0.717) is 24.9 Å². The summed E-state index contributed by atoms with van der Waals surface area (Å²) < 4.78 is 11.6. The van der Waals surface area contributed by atoms with Gasteiger partial charge in [-0.15, -0.1) is 0 Å². The minimum Gasteiger partial charge on any atom is -0.451 e. The zero-order valence-electron chi connectivity index (χ0n) is 14.8. The van der Waals surface area contributed by atoms with Crippen molar-refractivity contribution in [1.82, 2.24) is 4.90 Å². The Labute approximate surface area is 153 Å². The van der Waals surface area contributed by atoms with Crippen LogP contribution in [0.15, 0.2) is 65.1 Å². The van der Waals surface area contributed by atoms with Gasteiger partial charge in [0.25, 0.3) is 5.91 Å². The maximum Gasteiger partial charge on any atom is 0.289 e. The van der Waals surface area contributed by atoms with E-state index in [1.807, 2.05) is 53.4 Å². The molecule has 0 bridgehead atoms. The lowest BCUT2D eigenvalue weighted by atomic mass is 9.98. The summed E-state index contributed by atoms with van der Waals surface area (Å²) >= 11 is 0. The van der Waals surface area contributed by atoms with Gasteiger partial charge in [0, 0.05) is 18.5 Å². The van der Waals surface area contributed by atoms with E-state index in [1.54, 1.807) is 0 Å². The highest BCUT2D eigenvalue weighted by atomic mass is 16.5. The third kappa shape index (κ3) is 3.81. The molecule has 4 heteroatoms. The van der Waals surface area contributed by atoms with Crippen LogP contribution in [0.5, 0.6) is 0 Å². The predicted molar refractivity (Wildman–Crippen MR) is 101 cm³/mol. The topological polar surface area (TPSA) is 42.7 Å². The molecule has 134 valence electrons. The number of carbonyl (C=O) groups excluding carboxylic acids is 1. The molecule has 26 heavy (non-hydrogen) atoms. The van der Waals surface area contributed by atoms with E-state index in [1.165, 1.54) is 5.56 Å². The minimum absolute atomic E-state index is 0.0195. The molecule has 1 amide bonds. The lowest BCUT2D eigenvalue weighted by molar-refractivity contribution is 0.0409. The van der Waals surface area contributed by atoms with Crippen LogP contribution in [0.3, 0.4) is 0 Å². The molecular weight excluding hydrogens is 326 g/mol. The van der Waals surface area contributed by atoms with Crippen molar-refractivity contribution in [3.05, 3.63) is 72.0 Å². The van der Waals surface area contributed by atoms with Gasteiger partial charge in [0.2, 0.25) is 0 Å². The first-order valence-corrected chi connectivity index (χ1v) is 9.19. The van der Waals surface area contributed by atoms with Gasteiger partial charge < -0.3 is 14.1 Å². The lowest BCUT2D eigenvalue weighted by Gasteiger charge is -2.32. The van der Waals surface area contributed by atoms with E-state index < -0.39 is 0 Å². The number of furan rings is 1. The van der Waals surface area contributed by atoms with E-state index in [2.05, 4.69) is 12.1 Å². The molecule has 1 fully saturated rings. The number of carbonyl (C=O) groups is 1. The van der Waals surface area contributed by atoms with Crippen LogP contribution >= 0.6 is 0 Å². The van der Waals surface area contributed by atoms with Crippen molar-refractivity contribution in [2.75, 3.05) is 19.7 Å². The number of para-hydroxylation sites is 1. The number of nitrogens with zero attached hydrogens (tertiary/aromatic N) is 1. The smallest absolute Gasteiger partial charge is 0.289 e. The molecule has 1 aliphatic heterocycles. The minimum atomic E-state index is -0.0195. The molecule has 1 aromatic heterocycles. The Balaban J connectivity index is 1.34. The van der Waals surface area contributed by atoms with Gasteiger partial charge in [-0.1, -0.05) is 48.5 Å². The van der Waals surface area contributed by atoms with Crippen molar-refractivity contribution in [1.29, 1.82) is 0 Å². The third-order valence-electron chi connectivity index (χ3n) is 4.91. The van der Waals surface area contributed by atoms with Gasteiger partial charge in [-0.2, -0.15) is 0 Å². The Morgan fingerprint density at radius 1 is 1.12 bits per heavy atom. The predicted octanol–water partition coefficient (Wildman–Crippen LogP) is 4.50. The maximum absolute atomic E-state index is 12.8. The molecule has 0 radical (unpaired) electrons. The number of rotatable bonds is 5. The normalized spacial score (nSPS) is 17.5. The quantitative estimate of drug-likeness (QED) is 0.681. The fourth-order valence-corrected chi connectivity index (χ4v) is 3.55. The zero-order chi connectivity index (χ0) is 17.8. The van der Waals surface area contributed by atoms with Crippen LogP contribution in [0.25, 0.3) is 11.0 Å². The van der Waals surface area contributed by atoms with Gasteiger partial charge in [-0.25, -0.2) is 0 Å². The Morgan fingerprint density at radius 2 is 1.92 bits per heavy atom. The van der Waals surface area contributed by atoms with Gasteiger partial charge in [0.1, 0.15) is 5.58 Å². The van der Waals surface area contributed by atoms with E-state index >= 15 is 0 Å². The highest BCUT2D eigenvalue weighted by Gasteiger charge is 2.26. The number of hydrogen-bond acceptors (Lipinski definition) is 3. The molecule has 1 saturated heterocycles. The number of piperidine rings is 1. The number of hydrogen-bond donors (Lipinski definition) is 0. The number of ether oxygens (including phenoxy) is 1. The molecule has 4 nitrogen and oxygen atoms in total. The molecular formula is C22H23NO3. The number of benzene rings is 2. The molecule has 0 N–H and O–H groups in total. The molecule has 1 aliphatic rings. The van der Waals surface area contributed by atoms with Crippen LogP contribution in [-0.2, 0) is 11.3 Å². The summed E-state index contributed by atoms with van der Waals surface area (Å²) in [5.74, 6) is 0.784. The Kier molecular flexibility index (Phi) is 5.02. The van der Waals surface area contributed by atoms with Crippen LogP contribution in [0.1, 0.15) is 29.0 Å². The SMILES string of the molecule is O=C(c1cc2ccccc2o1)N1CCCC(COCc2ccccc2)C1. The molecule has 1 unspecified atom stereocenters. The molecule has 0 spiro atoms.